The maximum Gasteiger partial charge on any atom is 0.226 e. The van der Waals surface area contributed by atoms with Crippen LogP contribution in [0.1, 0.15) is 30.5 Å². The molecule has 0 radical (unpaired) electrons. The quantitative estimate of drug-likeness (QED) is 0.780. The van der Waals surface area contributed by atoms with E-state index in [1.165, 1.54) is 17.8 Å². The van der Waals surface area contributed by atoms with E-state index < -0.39 is 0 Å². The lowest BCUT2D eigenvalue weighted by molar-refractivity contribution is 0.466. The zero-order valence-electron chi connectivity index (χ0n) is 9.10. The van der Waals surface area contributed by atoms with Crippen LogP contribution >= 0.6 is 11.8 Å². The number of thioether (sulfide) groups is 1. The Morgan fingerprint density at radius 2 is 2.12 bits per heavy atom. The van der Waals surface area contributed by atoms with Crippen LogP contribution in [-0.2, 0) is 5.75 Å². The van der Waals surface area contributed by atoms with Gasteiger partial charge in [0, 0.05) is 10.8 Å². The molecular formula is C12H11FN2OS. The zero-order valence-corrected chi connectivity index (χ0v) is 9.91. The van der Waals surface area contributed by atoms with E-state index in [9.17, 15) is 4.39 Å². The Morgan fingerprint density at radius 3 is 2.88 bits per heavy atom. The fourth-order valence-electron chi connectivity index (χ4n) is 1.52. The summed E-state index contributed by atoms with van der Waals surface area (Å²) in [7, 11) is 0. The molecule has 0 aliphatic heterocycles. The molecular weight excluding hydrogens is 239 g/mol. The first-order valence-corrected chi connectivity index (χ1v) is 6.51. The van der Waals surface area contributed by atoms with Crippen LogP contribution in [0.15, 0.2) is 33.6 Å². The smallest absolute Gasteiger partial charge is 0.226 e. The minimum atomic E-state index is -0.209. The molecule has 0 N–H and O–H groups in total. The van der Waals surface area contributed by atoms with Crippen molar-refractivity contribution in [2.24, 2.45) is 0 Å². The maximum absolute atomic E-state index is 13.3. The molecule has 0 bridgehead atoms. The van der Waals surface area contributed by atoms with E-state index in [1.807, 2.05) is 6.07 Å². The SMILES string of the molecule is Fc1ccccc1SCc1nnc(C2CC2)o1. The van der Waals surface area contributed by atoms with E-state index in [1.54, 1.807) is 12.1 Å². The Bertz CT molecular complexity index is 525. The van der Waals surface area contributed by atoms with Crippen LogP contribution < -0.4 is 0 Å². The van der Waals surface area contributed by atoms with Gasteiger partial charge in [0.15, 0.2) is 0 Å². The Kier molecular flexibility index (Phi) is 2.84. The van der Waals surface area contributed by atoms with Gasteiger partial charge in [-0.05, 0) is 25.0 Å². The summed E-state index contributed by atoms with van der Waals surface area (Å²) in [5.41, 5.74) is 0. The molecule has 88 valence electrons. The summed E-state index contributed by atoms with van der Waals surface area (Å²) in [5, 5.41) is 7.95. The van der Waals surface area contributed by atoms with Crippen LogP contribution in [0, 0.1) is 5.82 Å². The molecule has 1 aliphatic carbocycles. The van der Waals surface area contributed by atoms with Gasteiger partial charge in [-0.15, -0.1) is 22.0 Å². The van der Waals surface area contributed by atoms with Crippen molar-refractivity contribution in [2.45, 2.75) is 29.4 Å². The number of nitrogens with zero attached hydrogens (tertiary/aromatic N) is 2. The lowest BCUT2D eigenvalue weighted by Gasteiger charge is -1.99. The first-order valence-electron chi connectivity index (χ1n) is 5.52. The normalized spacial score (nSPS) is 15.1. The van der Waals surface area contributed by atoms with Gasteiger partial charge in [0.25, 0.3) is 0 Å². The largest absolute Gasteiger partial charge is 0.424 e. The predicted octanol–water partition coefficient (Wildman–Crippen LogP) is 3.38. The number of rotatable bonds is 4. The van der Waals surface area contributed by atoms with Gasteiger partial charge in [-0.25, -0.2) is 4.39 Å². The summed E-state index contributed by atoms with van der Waals surface area (Å²) >= 11 is 1.37. The minimum absolute atomic E-state index is 0.209. The molecule has 0 unspecified atom stereocenters. The van der Waals surface area contributed by atoms with Crippen molar-refractivity contribution in [3.8, 4) is 0 Å². The second-order valence-electron chi connectivity index (χ2n) is 4.03. The topological polar surface area (TPSA) is 38.9 Å². The molecule has 1 heterocycles. The molecule has 0 saturated heterocycles. The molecule has 3 rings (SSSR count). The molecule has 0 amide bonds. The second kappa shape index (κ2) is 4.49. The first-order chi connectivity index (χ1) is 8.33. The molecule has 1 fully saturated rings. The van der Waals surface area contributed by atoms with Crippen LogP contribution in [0.2, 0.25) is 0 Å². The van der Waals surface area contributed by atoms with Gasteiger partial charge in [-0.3, -0.25) is 0 Å². The van der Waals surface area contributed by atoms with Crippen LogP contribution in [0.4, 0.5) is 4.39 Å². The third kappa shape index (κ3) is 2.49. The molecule has 3 nitrogen and oxygen atoms in total. The molecule has 1 aliphatic rings. The lowest BCUT2D eigenvalue weighted by Crippen LogP contribution is -1.83. The highest BCUT2D eigenvalue weighted by Crippen LogP contribution is 2.39. The van der Waals surface area contributed by atoms with Crippen LogP contribution in [0.25, 0.3) is 0 Å². The van der Waals surface area contributed by atoms with E-state index in [2.05, 4.69) is 10.2 Å². The third-order valence-electron chi connectivity index (χ3n) is 2.60. The average molecular weight is 250 g/mol. The number of hydrogen-bond donors (Lipinski definition) is 0. The molecule has 5 heteroatoms. The van der Waals surface area contributed by atoms with Gasteiger partial charge in [0.2, 0.25) is 11.8 Å². The van der Waals surface area contributed by atoms with Crippen molar-refractivity contribution in [1.29, 1.82) is 0 Å². The summed E-state index contributed by atoms with van der Waals surface area (Å²) in [6, 6.07) is 6.69. The van der Waals surface area contributed by atoms with Gasteiger partial charge in [0.05, 0.1) is 5.75 Å². The van der Waals surface area contributed by atoms with Crippen molar-refractivity contribution in [1.82, 2.24) is 10.2 Å². The van der Waals surface area contributed by atoms with E-state index in [4.69, 9.17) is 4.42 Å². The highest BCUT2D eigenvalue weighted by atomic mass is 32.2. The minimum Gasteiger partial charge on any atom is -0.424 e. The van der Waals surface area contributed by atoms with Crippen molar-refractivity contribution < 1.29 is 8.81 Å². The van der Waals surface area contributed by atoms with E-state index >= 15 is 0 Å². The fraction of sp³-hybridized carbons (Fsp3) is 0.333. The zero-order chi connectivity index (χ0) is 11.7. The third-order valence-corrected chi connectivity index (χ3v) is 3.63. The van der Waals surface area contributed by atoms with Crippen molar-refractivity contribution in [3.05, 3.63) is 41.9 Å². The molecule has 1 aromatic carbocycles. The highest BCUT2D eigenvalue weighted by molar-refractivity contribution is 7.98. The van der Waals surface area contributed by atoms with Crippen molar-refractivity contribution >= 4 is 11.8 Å². The molecule has 17 heavy (non-hydrogen) atoms. The summed E-state index contributed by atoms with van der Waals surface area (Å²) in [5.74, 6) is 2.07. The van der Waals surface area contributed by atoms with Crippen LogP contribution in [-0.4, -0.2) is 10.2 Å². The number of hydrogen-bond acceptors (Lipinski definition) is 4. The summed E-state index contributed by atoms with van der Waals surface area (Å²) < 4.78 is 18.9. The van der Waals surface area contributed by atoms with Crippen molar-refractivity contribution in [2.75, 3.05) is 0 Å². The summed E-state index contributed by atoms with van der Waals surface area (Å²) in [6.07, 6.45) is 2.28. The van der Waals surface area contributed by atoms with Gasteiger partial charge in [-0.2, -0.15) is 0 Å². The monoisotopic (exact) mass is 250 g/mol. The summed E-state index contributed by atoms with van der Waals surface area (Å²) in [6.45, 7) is 0. The maximum atomic E-state index is 13.3. The highest BCUT2D eigenvalue weighted by Gasteiger charge is 2.29. The molecule has 0 spiro atoms. The summed E-state index contributed by atoms with van der Waals surface area (Å²) in [4.78, 5) is 0.610. The first kappa shape index (κ1) is 10.8. The standard InChI is InChI=1S/C12H11FN2OS/c13-9-3-1-2-4-10(9)17-7-11-14-15-12(16-11)8-5-6-8/h1-4,8H,5-7H2. The Balaban J connectivity index is 1.65. The average Bonchev–Trinajstić information content (AvgIpc) is 3.08. The van der Waals surface area contributed by atoms with Crippen LogP contribution in [0.5, 0.6) is 0 Å². The Hall–Kier alpha value is -1.36. The van der Waals surface area contributed by atoms with Gasteiger partial charge < -0.3 is 4.42 Å². The molecule has 1 aromatic heterocycles. The predicted molar refractivity (Wildman–Crippen MR) is 62.2 cm³/mol. The van der Waals surface area contributed by atoms with Gasteiger partial charge in [-0.1, -0.05) is 12.1 Å². The van der Waals surface area contributed by atoms with Gasteiger partial charge in [0.1, 0.15) is 5.82 Å². The molecule has 0 atom stereocenters. The lowest BCUT2D eigenvalue weighted by atomic mass is 10.3. The van der Waals surface area contributed by atoms with Crippen molar-refractivity contribution in [3.63, 3.8) is 0 Å². The number of benzene rings is 1. The van der Waals surface area contributed by atoms with E-state index in [-0.39, 0.29) is 5.82 Å². The Labute approximate surface area is 102 Å². The molecule has 2 aromatic rings. The fourth-order valence-corrected chi connectivity index (χ4v) is 2.30. The van der Waals surface area contributed by atoms with E-state index in [0.717, 1.165) is 18.7 Å². The van der Waals surface area contributed by atoms with Gasteiger partial charge >= 0.3 is 0 Å². The van der Waals surface area contributed by atoms with E-state index in [0.29, 0.717) is 22.5 Å². The second-order valence-corrected chi connectivity index (χ2v) is 5.04. The molecule has 1 saturated carbocycles. The number of halogens is 1. The Morgan fingerprint density at radius 1 is 1.29 bits per heavy atom. The van der Waals surface area contributed by atoms with Crippen LogP contribution in [0.3, 0.4) is 0 Å². The number of aromatic nitrogens is 2.